The summed E-state index contributed by atoms with van der Waals surface area (Å²) in [5.74, 6) is -0.365. The molecule has 1 N–H and O–H groups in total. The fraction of sp³-hybridized carbons (Fsp3) is 0.278. The summed E-state index contributed by atoms with van der Waals surface area (Å²) in [7, 11) is 0. The zero-order valence-electron chi connectivity index (χ0n) is 13.4. The zero-order valence-corrected chi connectivity index (χ0v) is 15.0. The van der Waals surface area contributed by atoms with Gasteiger partial charge in [-0.05, 0) is 55.7 Å². The first-order valence-corrected chi connectivity index (χ1v) is 8.67. The molecule has 124 valence electrons. The van der Waals surface area contributed by atoms with Gasteiger partial charge in [-0.3, -0.25) is 14.6 Å². The molecule has 6 heteroatoms. The van der Waals surface area contributed by atoms with Gasteiger partial charge in [-0.2, -0.15) is 0 Å². The summed E-state index contributed by atoms with van der Waals surface area (Å²) in [6.45, 7) is 3.48. The number of carbonyl (C=O) groups excluding carboxylic acids is 2. The number of nitrogens with zero attached hydrogens (tertiary/aromatic N) is 2. The fourth-order valence-corrected chi connectivity index (χ4v) is 2.94. The summed E-state index contributed by atoms with van der Waals surface area (Å²) in [5, 5.41) is 2.85. The second kappa shape index (κ2) is 7.13. The van der Waals surface area contributed by atoms with Gasteiger partial charge in [0.1, 0.15) is 5.69 Å². The van der Waals surface area contributed by atoms with Crippen molar-refractivity contribution in [2.75, 3.05) is 18.4 Å². The Morgan fingerprint density at radius 1 is 1.17 bits per heavy atom. The number of halogens is 1. The molecule has 1 aromatic heterocycles. The van der Waals surface area contributed by atoms with Gasteiger partial charge >= 0.3 is 0 Å². The topological polar surface area (TPSA) is 62.3 Å². The van der Waals surface area contributed by atoms with Crippen molar-refractivity contribution in [2.45, 2.75) is 19.8 Å². The molecule has 0 atom stereocenters. The number of nitrogens with one attached hydrogen (secondary N) is 1. The molecule has 2 heterocycles. The Kier molecular flexibility index (Phi) is 4.94. The second-order valence-corrected chi connectivity index (χ2v) is 6.70. The van der Waals surface area contributed by atoms with Crippen LogP contribution in [-0.4, -0.2) is 34.8 Å². The summed E-state index contributed by atoms with van der Waals surface area (Å²) in [5.41, 5.74) is 2.49. The van der Waals surface area contributed by atoms with E-state index in [0.29, 0.717) is 16.9 Å². The molecule has 1 fully saturated rings. The van der Waals surface area contributed by atoms with E-state index < -0.39 is 0 Å². The van der Waals surface area contributed by atoms with Gasteiger partial charge in [-0.15, -0.1) is 0 Å². The minimum absolute atomic E-state index is 0.110. The van der Waals surface area contributed by atoms with Crippen LogP contribution in [0.4, 0.5) is 5.69 Å². The van der Waals surface area contributed by atoms with Crippen molar-refractivity contribution in [1.82, 2.24) is 9.88 Å². The van der Waals surface area contributed by atoms with Crippen molar-refractivity contribution in [3.63, 3.8) is 0 Å². The number of hydrogen-bond acceptors (Lipinski definition) is 3. The Labute approximate surface area is 149 Å². The molecule has 0 aliphatic carbocycles. The van der Waals surface area contributed by atoms with Gasteiger partial charge in [0, 0.05) is 35.0 Å². The third-order valence-corrected chi connectivity index (χ3v) is 4.94. The Hall–Kier alpha value is -2.21. The molecular formula is C18H18BrN3O2. The molecule has 5 nitrogen and oxygen atoms in total. The minimum atomic E-state index is -0.255. The molecule has 1 aromatic carbocycles. The predicted octanol–water partition coefficient (Wildman–Crippen LogP) is 3.64. The van der Waals surface area contributed by atoms with Crippen LogP contribution < -0.4 is 5.32 Å². The molecule has 0 bridgehead atoms. The maximum absolute atomic E-state index is 12.4. The number of likely N-dealkylation sites (tertiary alicyclic amines) is 1. The van der Waals surface area contributed by atoms with Gasteiger partial charge in [0.2, 0.25) is 0 Å². The number of anilines is 1. The first kappa shape index (κ1) is 16.6. The van der Waals surface area contributed by atoms with E-state index in [1.165, 1.54) is 6.20 Å². The van der Waals surface area contributed by atoms with Crippen molar-refractivity contribution in [2.24, 2.45) is 0 Å². The predicted molar refractivity (Wildman–Crippen MR) is 96.2 cm³/mol. The van der Waals surface area contributed by atoms with Gasteiger partial charge in [-0.1, -0.05) is 15.9 Å². The first-order valence-electron chi connectivity index (χ1n) is 7.87. The molecule has 1 aliphatic heterocycles. The molecule has 0 spiro atoms. The van der Waals surface area contributed by atoms with E-state index >= 15 is 0 Å². The number of rotatable bonds is 3. The molecule has 1 aliphatic rings. The Morgan fingerprint density at radius 2 is 1.92 bits per heavy atom. The highest BCUT2D eigenvalue weighted by atomic mass is 79.9. The van der Waals surface area contributed by atoms with Gasteiger partial charge in [0.05, 0.1) is 0 Å². The van der Waals surface area contributed by atoms with Gasteiger partial charge in [0.25, 0.3) is 11.8 Å². The second-order valence-electron chi connectivity index (χ2n) is 5.85. The lowest BCUT2D eigenvalue weighted by atomic mass is 10.2. The lowest BCUT2D eigenvalue weighted by molar-refractivity contribution is 0.0787. The fourth-order valence-electron chi connectivity index (χ4n) is 2.70. The van der Waals surface area contributed by atoms with Crippen molar-refractivity contribution >= 4 is 33.4 Å². The van der Waals surface area contributed by atoms with Gasteiger partial charge in [-0.25, -0.2) is 0 Å². The quantitative estimate of drug-likeness (QED) is 0.874. The molecule has 2 aromatic rings. The van der Waals surface area contributed by atoms with E-state index in [2.05, 4.69) is 26.2 Å². The Bertz CT molecular complexity index is 786. The van der Waals surface area contributed by atoms with Crippen molar-refractivity contribution in [3.8, 4) is 0 Å². The largest absolute Gasteiger partial charge is 0.337 e. The van der Waals surface area contributed by atoms with Crippen LogP contribution in [0.2, 0.25) is 0 Å². The van der Waals surface area contributed by atoms with E-state index in [1.807, 2.05) is 25.1 Å². The van der Waals surface area contributed by atoms with E-state index in [0.717, 1.165) is 36.0 Å². The van der Waals surface area contributed by atoms with Crippen LogP contribution in [0.1, 0.15) is 39.3 Å². The highest BCUT2D eigenvalue weighted by Gasteiger charge is 2.21. The number of amides is 2. The van der Waals surface area contributed by atoms with Gasteiger partial charge < -0.3 is 10.2 Å². The summed E-state index contributed by atoms with van der Waals surface area (Å²) < 4.78 is 0.989. The average molecular weight is 388 g/mol. The van der Waals surface area contributed by atoms with Crippen LogP contribution in [0, 0.1) is 6.92 Å². The lowest BCUT2D eigenvalue weighted by Gasteiger charge is -2.14. The lowest BCUT2D eigenvalue weighted by Crippen LogP contribution is -2.28. The standard InChI is InChI=1S/C18H18BrN3O2/c1-12-10-14(4-5-15(12)19)21-17(23)13-6-7-20-16(11-13)18(24)22-8-2-3-9-22/h4-7,10-11H,2-3,8-9H2,1H3,(H,21,23). The molecular weight excluding hydrogens is 370 g/mol. The summed E-state index contributed by atoms with van der Waals surface area (Å²) in [4.78, 5) is 30.7. The molecule has 2 amide bonds. The zero-order chi connectivity index (χ0) is 17.1. The molecule has 0 radical (unpaired) electrons. The van der Waals surface area contributed by atoms with E-state index in [1.54, 1.807) is 17.0 Å². The summed E-state index contributed by atoms with van der Waals surface area (Å²) in [6.07, 6.45) is 3.55. The maximum atomic E-state index is 12.4. The Balaban J connectivity index is 1.76. The number of pyridine rings is 1. The van der Waals surface area contributed by atoms with E-state index in [9.17, 15) is 9.59 Å². The van der Waals surface area contributed by atoms with Crippen molar-refractivity contribution in [3.05, 3.63) is 57.8 Å². The smallest absolute Gasteiger partial charge is 0.272 e. The number of aromatic nitrogens is 1. The highest BCUT2D eigenvalue weighted by Crippen LogP contribution is 2.20. The molecule has 3 rings (SSSR count). The van der Waals surface area contributed by atoms with Crippen LogP contribution >= 0.6 is 15.9 Å². The number of carbonyl (C=O) groups is 2. The van der Waals surface area contributed by atoms with Crippen LogP contribution in [0.3, 0.4) is 0 Å². The summed E-state index contributed by atoms with van der Waals surface area (Å²) in [6, 6.07) is 8.77. The van der Waals surface area contributed by atoms with E-state index in [4.69, 9.17) is 0 Å². The average Bonchev–Trinajstić information content (AvgIpc) is 3.12. The monoisotopic (exact) mass is 387 g/mol. The summed E-state index contributed by atoms with van der Waals surface area (Å²) >= 11 is 3.44. The molecule has 24 heavy (non-hydrogen) atoms. The highest BCUT2D eigenvalue weighted by molar-refractivity contribution is 9.10. The molecule has 0 saturated carbocycles. The van der Waals surface area contributed by atoms with Crippen molar-refractivity contribution in [1.29, 1.82) is 0 Å². The first-order chi connectivity index (χ1) is 11.5. The van der Waals surface area contributed by atoms with Crippen LogP contribution in [0.5, 0.6) is 0 Å². The normalized spacial score (nSPS) is 13.8. The van der Waals surface area contributed by atoms with Crippen LogP contribution in [0.15, 0.2) is 41.0 Å². The maximum Gasteiger partial charge on any atom is 0.272 e. The van der Waals surface area contributed by atoms with Crippen molar-refractivity contribution < 1.29 is 9.59 Å². The third-order valence-electron chi connectivity index (χ3n) is 4.05. The van der Waals surface area contributed by atoms with E-state index in [-0.39, 0.29) is 11.8 Å². The van der Waals surface area contributed by atoms with Crippen LogP contribution in [0.25, 0.3) is 0 Å². The minimum Gasteiger partial charge on any atom is -0.337 e. The number of benzene rings is 1. The molecule has 1 saturated heterocycles. The van der Waals surface area contributed by atoms with Gasteiger partial charge in [0.15, 0.2) is 0 Å². The molecule has 0 unspecified atom stereocenters. The Morgan fingerprint density at radius 3 is 2.62 bits per heavy atom. The number of aryl methyl sites for hydroxylation is 1. The SMILES string of the molecule is Cc1cc(NC(=O)c2ccnc(C(=O)N3CCCC3)c2)ccc1Br. The van der Waals surface area contributed by atoms with Crippen LogP contribution in [-0.2, 0) is 0 Å². The number of hydrogen-bond donors (Lipinski definition) is 1. The third kappa shape index (κ3) is 3.64.